The number of ether oxygens (including phenoxy) is 1. The van der Waals surface area contributed by atoms with Crippen LogP contribution in [0, 0.1) is 13.8 Å². The van der Waals surface area contributed by atoms with Crippen molar-refractivity contribution in [1.29, 1.82) is 0 Å². The third-order valence-corrected chi connectivity index (χ3v) is 8.04. The Morgan fingerprint density at radius 1 is 1.21 bits per heavy atom. The van der Waals surface area contributed by atoms with Crippen LogP contribution >= 0.6 is 7.60 Å². The minimum absolute atomic E-state index is 0.106. The van der Waals surface area contributed by atoms with Crippen molar-refractivity contribution in [2.45, 2.75) is 52.6 Å². The van der Waals surface area contributed by atoms with Crippen molar-refractivity contribution in [2.24, 2.45) is 0 Å². The molecule has 0 aliphatic heterocycles. The molecule has 8 heteroatoms. The van der Waals surface area contributed by atoms with Crippen LogP contribution in [-0.4, -0.2) is 22.4 Å². The number of benzene rings is 1. The Hall–Kier alpha value is -2.24. The van der Waals surface area contributed by atoms with Crippen molar-refractivity contribution < 1.29 is 23.6 Å². The number of nitrogens with zero attached hydrogens (tertiary/aromatic N) is 1. The van der Waals surface area contributed by atoms with Crippen molar-refractivity contribution in [3.63, 3.8) is 0 Å². The molecule has 0 bridgehead atoms. The van der Waals surface area contributed by atoms with E-state index in [9.17, 15) is 9.67 Å². The first-order chi connectivity index (χ1) is 13.2. The maximum atomic E-state index is 13.9. The summed E-state index contributed by atoms with van der Waals surface area (Å²) in [6.07, 6.45) is 2.80. The summed E-state index contributed by atoms with van der Waals surface area (Å²) in [6, 6.07) is 6.37. The Balaban J connectivity index is 2.36. The minimum atomic E-state index is -3.71. The number of hydrogen-bond donors (Lipinski definition) is 2. The van der Waals surface area contributed by atoms with Gasteiger partial charge in [-0.2, -0.15) is 4.62 Å². The van der Waals surface area contributed by atoms with Crippen LogP contribution in [0.1, 0.15) is 44.7 Å². The van der Waals surface area contributed by atoms with Crippen LogP contribution in [0.5, 0.6) is 17.2 Å². The van der Waals surface area contributed by atoms with Crippen LogP contribution in [0.25, 0.3) is 0 Å². The standard InChI is InChI=1S/C20H29N2O5P/c1-7-20(5,8-2)28(24,26-16-9-10-18(25-6)17(23)13-16)27-22-19-15(4)14(3)11-12-21-19/h9-13,23H,7-8H2,1-6H3,(H,21,22). The van der Waals surface area contributed by atoms with Gasteiger partial charge in [0.2, 0.25) is 0 Å². The van der Waals surface area contributed by atoms with E-state index < -0.39 is 12.8 Å². The number of aryl methyl sites for hydroxylation is 1. The van der Waals surface area contributed by atoms with Crippen molar-refractivity contribution >= 4 is 13.4 Å². The lowest BCUT2D eigenvalue weighted by atomic mass is 10.1. The van der Waals surface area contributed by atoms with E-state index in [-0.39, 0.29) is 11.5 Å². The van der Waals surface area contributed by atoms with Crippen LogP contribution in [-0.2, 0) is 9.19 Å². The highest BCUT2D eigenvalue weighted by Gasteiger charge is 2.47. The number of pyridine rings is 1. The van der Waals surface area contributed by atoms with Gasteiger partial charge in [0.1, 0.15) is 5.75 Å². The summed E-state index contributed by atoms with van der Waals surface area (Å²) in [6.45, 7) is 9.59. The van der Waals surface area contributed by atoms with Gasteiger partial charge in [-0.15, -0.1) is 0 Å². The van der Waals surface area contributed by atoms with Crippen LogP contribution in [0.15, 0.2) is 30.5 Å². The molecule has 0 aliphatic rings. The summed E-state index contributed by atoms with van der Waals surface area (Å²) < 4.78 is 30.5. The second-order valence-corrected chi connectivity index (χ2v) is 9.36. The molecule has 7 nitrogen and oxygen atoms in total. The van der Waals surface area contributed by atoms with Crippen LogP contribution < -0.4 is 14.7 Å². The first kappa shape index (κ1) is 22.1. The maximum Gasteiger partial charge on any atom is 0.406 e. The SMILES string of the molecule is CCC(C)(CC)P(=O)(ONc1nccc(C)c1C)Oc1ccc(OC)c(O)c1. The normalized spacial score (nSPS) is 13.6. The fourth-order valence-electron chi connectivity index (χ4n) is 2.58. The van der Waals surface area contributed by atoms with E-state index in [4.69, 9.17) is 13.9 Å². The molecule has 0 fully saturated rings. The van der Waals surface area contributed by atoms with Gasteiger partial charge >= 0.3 is 7.60 Å². The zero-order valence-corrected chi connectivity index (χ0v) is 18.2. The highest BCUT2D eigenvalue weighted by Crippen LogP contribution is 2.62. The Bertz CT molecular complexity index is 868. The van der Waals surface area contributed by atoms with Crippen molar-refractivity contribution in [3.05, 3.63) is 41.6 Å². The molecule has 0 saturated carbocycles. The fourth-order valence-corrected chi connectivity index (χ4v) is 4.43. The Morgan fingerprint density at radius 2 is 1.89 bits per heavy atom. The zero-order chi connectivity index (χ0) is 20.9. The van der Waals surface area contributed by atoms with Gasteiger partial charge in [0.05, 0.1) is 12.3 Å². The van der Waals surface area contributed by atoms with Gasteiger partial charge in [-0.3, -0.25) is 0 Å². The quantitative estimate of drug-likeness (QED) is 0.412. The lowest BCUT2D eigenvalue weighted by molar-refractivity contribution is 0.279. The molecular weight excluding hydrogens is 379 g/mol. The van der Waals surface area contributed by atoms with Gasteiger partial charge in [0.15, 0.2) is 17.3 Å². The molecule has 1 heterocycles. The van der Waals surface area contributed by atoms with E-state index in [2.05, 4.69) is 10.5 Å². The molecule has 0 aliphatic carbocycles. The maximum absolute atomic E-state index is 13.9. The van der Waals surface area contributed by atoms with E-state index in [0.29, 0.717) is 24.4 Å². The number of aromatic hydroxyl groups is 1. The van der Waals surface area contributed by atoms with Gasteiger partial charge < -0.3 is 14.4 Å². The fraction of sp³-hybridized carbons (Fsp3) is 0.450. The van der Waals surface area contributed by atoms with Crippen LogP contribution in [0.4, 0.5) is 5.82 Å². The monoisotopic (exact) mass is 408 g/mol. The number of aromatic nitrogens is 1. The average molecular weight is 408 g/mol. The molecule has 1 aromatic carbocycles. The van der Waals surface area contributed by atoms with Crippen LogP contribution in [0.3, 0.4) is 0 Å². The number of nitrogens with one attached hydrogen (secondary N) is 1. The van der Waals surface area contributed by atoms with Gasteiger partial charge in [-0.05, 0) is 62.9 Å². The molecule has 2 N–H and O–H groups in total. The van der Waals surface area contributed by atoms with Crippen LogP contribution in [0.2, 0.25) is 0 Å². The smallest absolute Gasteiger partial charge is 0.406 e. The molecule has 0 amide bonds. The first-order valence-electron chi connectivity index (χ1n) is 9.23. The van der Waals surface area contributed by atoms with Gasteiger partial charge in [0, 0.05) is 12.3 Å². The summed E-state index contributed by atoms with van der Waals surface area (Å²) in [7, 11) is -2.26. The summed E-state index contributed by atoms with van der Waals surface area (Å²) in [5, 5.41) is 9.28. The van der Waals surface area contributed by atoms with E-state index in [1.165, 1.54) is 13.2 Å². The van der Waals surface area contributed by atoms with E-state index >= 15 is 0 Å². The molecule has 1 unspecified atom stereocenters. The summed E-state index contributed by atoms with van der Waals surface area (Å²) in [5.74, 6) is 0.904. The number of phenols is 1. The summed E-state index contributed by atoms with van der Waals surface area (Å²) in [5.41, 5.74) is 4.67. The molecule has 0 saturated heterocycles. The minimum Gasteiger partial charge on any atom is -0.504 e. The lowest BCUT2D eigenvalue weighted by Gasteiger charge is -2.34. The Labute approximate surface area is 166 Å². The number of hydrogen-bond acceptors (Lipinski definition) is 7. The first-order valence-corrected chi connectivity index (χ1v) is 10.8. The molecule has 0 spiro atoms. The lowest BCUT2D eigenvalue weighted by Crippen LogP contribution is -2.28. The molecule has 2 aromatic rings. The van der Waals surface area contributed by atoms with E-state index in [0.717, 1.165) is 11.1 Å². The van der Waals surface area contributed by atoms with Gasteiger partial charge in [-0.1, -0.05) is 13.8 Å². The van der Waals surface area contributed by atoms with Gasteiger partial charge in [0.25, 0.3) is 0 Å². The number of rotatable bonds is 9. The Morgan fingerprint density at radius 3 is 2.46 bits per heavy atom. The van der Waals surface area contributed by atoms with E-state index in [1.807, 2.05) is 40.7 Å². The van der Waals surface area contributed by atoms with Crippen molar-refractivity contribution in [3.8, 4) is 17.2 Å². The summed E-state index contributed by atoms with van der Waals surface area (Å²) in [4.78, 5) is 4.25. The number of methoxy groups -OCH3 is 1. The molecule has 154 valence electrons. The summed E-state index contributed by atoms with van der Waals surface area (Å²) >= 11 is 0. The molecule has 28 heavy (non-hydrogen) atoms. The highest BCUT2D eigenvalue weighted by atomic mass is 31.2. The van der Waals surface area contributed by atoms with Gasteiger partial charge in [-0.25, -0.2) is 15.0 Å². The molecule has 2 rings (SSSR count). The third-order valence-electron chi connectivity index (χ3n) is 5.30. The van der Waals surface area contributed by atoms with Crippen molar-refractivity contribution in [1.82, 2.24) is 4.98 Å². The molecule has 1 aromatic heterocycles. The highest BCUT2D eigenvalue weighted by molar-refractivity contribution is 7.56. The molecule has 0 radical (unpaired) electrons. The second kappa shape index (κ2) is 8.84. The predicted molar refractivity (Wildman–Crippen MR) is 110 cm³/mol. The third kappa shape index (κ3) is 4.42. The zero-order valence-electron chi connectivity index (χ0n) is 17.3. The average Bonchev–Trinajstić information content (AvgIpc) is 2.68. The van der Waals surface area contributed by atoms with E-state index in [1.54, 1.807) is 18.3 Å². The second-order valence-electron chi connectivity index (χ2n) is 6.92. The predicted octanol–water partition coefficient (Wildman–Crippen LogP) is 5.61. The largest absolute Gasteiger partial charge is 0.504 e. The van der Waals surface area contributed by atoms with Crippen molar-refractivity contribution in [2.75, 3.05) is 12.6 Å². The topological polar surface area (TPSA) is 89.9 Å². The molecular formula is C20H29N2O5P. The molecule has 1 atom stereocenters. The number of phenolic OH excluding ortho intramolecular Hbond substituents is 1. The Kier molecular flexibility index (Phi) is 6.96. The number of anilines is 1.